The summed E-state index contributed by atoms with van der Waals surface area (Å²) in [6, 6.07) is 0. The van der Waals surface area contributed by atoms with E-state index in [4.69, 9.17) is 33.5 Å². The summed E-state index contributed by atoms with van der Waals surface area (Å²) in [5.74, 6) is -3.20. The Morgan fingerprint density at radius 1 is 0.780 bits per heavy atom. The zero-order chi connectivity index (χ0) is 36.1. The van der Waals surface area contributed by atoms with Gasteiger partial charge in [-0.2, -0.15) is 38.1 Å². The zero-order valence-electron chi connectivity index (χ0n) is 29.6. The van der Waals surface area contributed by atoms with Crippen LogP contribution in [0.15, 0.2) is 22.7 Å². The van der Waals surface area contributed by atoms with Crippen LogP contribution in [0.2, 0.25) is 0 Å². The molecule has 0 N–H and O–H groups in total. The van der Waals surface area contributed by atoms with Crippen molar-refractivity contribution in [2.75, 3.05) is 24.7 Å². The highest BCUT2D eigenvalue weighted by Crippen LogP contribution is 2.67. The number of allylic oxidation sites excluding steroid dienone is 2. The Bertz CT molecular complexity index is 1390. The molecule has 2 saturated carbocycles. The van der Waals surface area contributed by atoms with Crippen LogP contribution in [0.3, 0.4) is 0 Å². The van der Waals surface area contributed by atoms with Gasteiger partial charge >= 0.3 is 12.4 Å². The Morgan fingerprint density at radius 2 is 1.48 bits per heavy atom. The highest BCUT2D eigenvalue weighted by atomic mass is 32.2. The summed E-state index contributed by atoms with van der Waals surface area (Å²) < 4.78 is 117. The minimum absolute atomic E-state index is 0.0284. The Kier molecular flexibility index (Phi) is 9.44. The van der Waals surface area contributed by atoms with E-state index in [1.165, 1.54) is 11.8 Å². The Hall–Kier alpha value is -1.19. The topological polar surface area (TPSA) is 64.6 Å². The molecule has 1 spiro atoms. The van der Waals surface area contributed by atoms with Gasteiger partial charge in [-0.1, -0.05) is 27.7 Å². The number of fused-ring (bicyclic) bond motifs is 2. The first kappa shape index (κ1) is 37.1. The van der Waals surface area contributed by atoms with Crippen LogP contribution in [0.5, 0.6) is 0 Å². The largest absolute Gasteiger partial charge is 0.459 e. The van der Waals surface area contributed by atoms with Crippen molar-refractivity contribution in [1.29, 1.82) is 0 Å². The maximum absolute atomic E-state index is 14.7. The fourth-order valence-electron chi connectivity index (χ4n) is 10.7. The van der Waals surface area contributed by atoms with Gasteiger partial charge in [-0.3, -0.25) is 0 Å². The van der Waals surface area contributed by atoms with E-state index in [-0.39, 0.29) is 59.7 Å². The Balaban J connectivity index is 1.08. The Labute approximate surface area is 294 Å². The average molecular weight is 741 g/mol. The molecule has 50 heavy (non-hydrogen) atoms. The molecule has 0 radical (unpaired) electrons. The molecule has 0 aromatic carbocycles. The van der Waals surface area contributed by atoms with Crippen LogP contribution in [0, 0.1) is 40.4 Å². The molecule has 6 aliphatic heterocycles. The molecule has 6 heterocycles. The van der Waals surface area contributed by atoms with Gasteiger partial charge in [-0.25, -0.2) is 9.78 Å². The van der Waals surface area contributed by atoms with Crippen molar-refractivity contribution >= 4 is 11.8 Å². The third-order valence-electron chi connectivity index (χ3n) is 13.7. The summed E-state index contributed by atoms with van der Waals surface area (Å²) in [5.41, 5.74) is -2.52. The number of thioether (sulfide) groups is 1. The normalized spacial score (nSPS) is 46.0. The Morgan fingerprint density at radius 3 is 2.20 bits per heavy atom. The number of ether oxygens (including phenoxy) is 5. The molecule has 14 heteroatoms. The van der Waals surface area contributed by atoms with Gasteiger partial charge in [0.05, 0.1) is 19.3 Å². The number of rotatable bonds is 7. The first-order chi connectivity index (χ1) is 23.3. The van der Waals surface area contributed by atoms with Gasteiger partial charge in [0.25, 0.3) is 0 Å². The number of alkyl halides is 6. The number of hydrogen-bond acceptors (Lipinski definition) is 8. The number of hydrogen-bond donors (Lipinski definition) is 0. The van der Waals surface area contributed by atoms with Gasteiger partial charge in [0.15, 0.2) is 5.60 Å². The molecule has 8 aliphatic rings. The van der Waals surface area contributed by atoms with Gasteiger partial charge in [0.1, 0.15) is 0 Å². The zero-order valence-corrected chi connectivity index (χ0v) is 30.5. The highest BCUT2D eigenvalue weighted by molar-refractivity contribution is 7.99. The van der Waals surface area contributed by atoms with Crippen molar-refractivity contribution in [3.8, 4) is 0 Å². The van der Waals surface area contributed by atoms with Crippen molar-refractivity contribution in [3.05, 3.63) is 22.7 Å². The van der Waals surface area contributed by atoms with Crippen LogP contribution >= 0.6 is 11.8 Å². The van der Waals surface area contributed by atoms with E-state index in [9.17, 15) is 26.3 Å². The minimum atomic E-state index is -4.79. The van der Waals surface area contributed by atoms with Gasteiger partial charge in [0, 0.05) is 46.2 Å². The van der Waals surface area contributed by atoms with Crippen molar-refractivity contribution in [3.63, 3.8) is 0 Å². The quantitative estimate of drug-likeness (QED) is 0.146. The van der Waals surface area contributed by atoms with Crippen LogP contribution in [0.25, 0.3) is 0 Å². The summed E-state index contributed by atoms with van der Waals surface area (Å²) in [5, 5.41) is 0. The van der Waals surface area contributed by atoms with Crippen LogP contribution in [-0.2, 0) is 33.5 Å². The van der Waals surface area contributed by atoms with E-state index in [1.54, 1.807) is 6.92 Å². The lowest BCUT2D eigenvalue weighted by molar-refractivity contribution is -0.557. The average Bonchev–Trinajstić information content (AvgIpc) is 3.33. The summed E-state index contributed by atoms with van der Waals surface area (Å²) in [7, 11) is 0. The SMILES string of the molecule is C[C@@H]1CC[C@@]2(C)C(CSCCOCC3=C(C(F)(F)F)O[C@@H]4OC5(C)CCC6[C@H](C)CC[C@@H]3[C@]64OO5)=C(C(F)(F)F)O[C@@H]3O[C@@H](C)CCC1C32C. The molecule has 4 saturated heterocycles. The van der Waals surface area contributed by atoms with Crippen molar-refractivity contribution in [1.82, 2.24) is 0 Å². The first-order valence-corrected chi connectivity index (χ1v) is 19.3. The third kappa shape index (κ3) is 5.74. The van der Waals surface area contributed by atoms with Crippen LogP contribution in [0.1, 0.15) is 92.9 Å². The van der Waals surface area contributed by atoms with E-state index in [0.29, 0.717) is 38.0 Å². The van der Waals surface area contributed by atoms with E-state index in [0.717, 1.165) is 19.3 Å². The van der Waals surface area contributed by atoms with Crippen molar-refractivity contribution < 1.29 is 59.8 Å². The first-order valence-electron chi connectivity index (χ1n) is 18.1. The molecular weight excluding hydrogens is 690 g/mol. The molecule has 2 aliphatic carbocycles. The van der Waals surface area contributed by atoms with Crippen molar-refractivity contribution in [2.24, 2.45) is 40.4 Å². The minimum Gasteiger partial charge on any atom is -0.459 e. The summed E-state index contributed by atoms with van der Waals surface area (Å²) >= 11 is 1.27. The van der Waals surface area contributed by atoms with E-state index in [2.05, 4.69) is 13.8 Å². The lowest BCUT2D eigenvalue weighted by Crippen LogP contribution is -2.67. The summed E-state index contributed by atoms with van der Waals surface area (Å²) in [4.78, 5) is 11.7. The molecule has 6 fully saturated rings. The second kappa shape index (κ2) is 12.7. The van der Waals surface area contributed by atoms with Gasteiger partial charge < -0.3 is 23.7 Å². The molecule has 12 atom stereocenters. The van der Waals surface area contributed by atoms with E-state index < -0.39 is 64.6 Å². The third-order valence-corrected chi connectivity index (χ3v) is 14.6. The second-order valence-electron chi connectivity index (χ2n) is 16.4. The highest BCUT2D eigenvalue weighted by Gasteiger charge is 2.70. The number of halogens is 6. The molecular formula is C36H50F6O7S. The van der Waals surface area contributed by atoms with Crippen LogP contribution in [-0.4, -0.2) is 67.1 Å². The fraction of sp³-hybridized carbons (Fsp3) is 0.889. The maximum Gasteiger partial charge on any atom is 0.449 e. The van der Waals surface area contributed by atoms with Crippen LogP contribution < -0.4 is 0 Å². The fourth-order valence-corrected chi connectivity index (χ4v) is 11.8. The molecule has 0 aromatic heterocycles. The molecule has 4 unspecified atom stereocenters. The second-order valence-corrected chi connectivity index (χ2v) is 17.6. The van der Waals surface area contributed by atoms with Gasteiger partial charge in [-0.05, 0) is 82.1 Å². The molecule has 0 amide bonds. The molecule has 2 bridgehead atoms. The lowest BCUT2D eigenvalue weighted by atomic mass is 9.46. The predicted molar refractivity (Wildman–Crippen MR) is 171 cm³/mol. The maximum atomic E-state index is 14.7. The smallest absolute Gasteiger partial charge is 0.449 e. The summed E-state index contributed by atoms with van der Waals surface area (Å²) in [6.07, 6.45) is -6.75. The van der Waals surface area contributed by atoms with Crippen molar-refractivity contribution in [2.45, 2.75) is 135 Å². The van der Waals surface area contributed by atoms with E-state index >= 15 is 0 Å². The van der Waals surface area contributed by atoms with Gasteiger partial charge in [-0.15, -0.1) is 0 Å². The predicted octanol–water partition coefficient (Wildman–Crippen LogP) is 9.23. The molecule has 0 aromatic rings. The monoisotopic (exact) mass is 740 g/mol. The van der Waals surface area contributed by atoms with Gasteiger partial charge in [0.2, 0.25) is 29.9 Å². The van der Waals surface area contributed by atoms with E-state index in [1.807, 2.05) is 20.8 Å². The summed E-state index contributed by atoms with van der Waals surface area (Å²) in [6.45, 7) is 11.4. The molecule has 8 rings (SSSR count). The lowest BCUT2D eigenvalue weighted by Gasteiger charge is -2.61. The molecule has 284 valence electrons. The van der Waals surface area contributed by atoms with Crippen LogP contribution in [0.4, 0.5) is 26.3 Å². The molecule has 7 nitrogen and oxygen atoms in total. The standard InChI is InChI=1S/C36H50F6O7S/c1-19-7-9-25-22(27(35(37,38)39)45-30-34(25)24(19)12-14-32(5,47-30)48-49-34)17-43-15-16-50-18-26-28(36(40,41)42)46-29-33(6)23(10-8-21(3)44-29)20(2)11-13-31(26,33)4/h19-21,23-25,29-30H,7-18H2,1-6H3/t19-,20-,21+,23?,24?,25+,29+,30-,31+,32?,33?,34-/m1/s1.